The maximum atomic E-state index is 12.5. The van der Waals surface area contributed by atoms with E-state index in [1.54, 1.807) is 13.8 Å². The van der Waals surface area contributed by atoms with Crippen LogP contribution in [0, 0.1) is 5.92 Å². The molecule has 1 heterocycles. The number of carbonyl (C=O) groups excluding carboxylic acids is 3. The molecule has 0 aliphatic carbocycles. The Morgan fingerprint density at radius 2 is 1.88 bits per heavy atom. The monoisotopic (exact) mass is 516 g/mol. The molecule has 1 aromatic carbocycles. The lowest BCUT2D eigenvalue weighted by atomic mass is 9.70. The molecule has 1 aromatic rings. The van der Waals surface area contributed by atoms with Gasteiger partial charge in [0.2, 0.25) is 5.91 Å². The van der Waals surface area contributed by atoms with Crippen molar-refractivity contribution in [3.8, 4) is 0 Å². The van der Waals surface area contributed by atoms with Gasteiger partial charge in [-0.15, -0.1) is 0 Å². The molecule has 184 valence electrons. The van der Waals surface area contributed by atoms with E-state index < -0.39 is 67.8 Å². The molecule has 14 heteroatoms. The van der Waals surface area contributed by atoms with Crippen LogP contribution in [-0.4, -0.2) is 65.1 Å². The Morgan fingerprint density at radius 1 is 1.21 bits per heavy atom. The molecule has 0 saturated carbocycles. The van der Waals surface area contributed by atoms with Crippen LogP contribution in [-0.2, 0) is 28.5 Å². The first-order chi connectivity index (χ1) is 15.8. The molecule has 2 atom stereocenters. The van der Waals surface area contributed by atoms with Crippen LogP contribution in [0.2, 0.25) is 10.0 Å². The number of hydrogen-bond donors (Lipinski definition) is 4. The standard InChI is InChI=1S/C20H23BCl2N2O9/c1-10(2)5-14(21-33-17(29)8-20(34-21,19(31)32)7-16(27)28)25-15(26)9-24-18(30)12-6-11(22)3-4-13(12)23/h3-4,6,10,14H,5,7-9H2,1-2H3,(H,24,30)(H,25,26)(H,27,28)(H,31,32). The zero-order valence-electron chi connectivity index (χ0n) is 18.3. The van der Waals surface area contributed by atoms with Crippen LogP contribution >= 0.6 is 23.2 Å². The van der Waals surface area contributed by atoms with Gasteiger partial charge in [0.15, 0.2) is 5.60 Å². The molecule has 2 amide bonds. The molecular formula is C20H23BCl2N2O9. The molecule has 0 radical (unpaired) electrons. The fraction of sp³-hybridized carbons (Fsp3) is 0.450. The Labute approximate surface area is 205 Å². The van der Waals surface area contributed by atoms with Crippen LogP contribution in [0.3, 0.4) is 0 Å². The minimum absolute atomic E-state index is 0.0603. The van der Waals surface area contributed by atoms with Crippen molar-refractivity contribution in [1.82, 2.24) is 10.6 Å². The summed E-state index contributed by atoms with van der Waals surface area (Å²) >= 11 is 11.8. The van der Waals surface area contributed by atoms with E-state index in [1.165, 1.54) is 18.2 Å². The lowest BCUT2D eigenvalue weighted by Gasteiger charge is -2.37. The number of aliphatic carboxylic acids is 2. The predicted molar refractivity (Wildman–Crippen MR) is 120 cm³/mol. The first-order valence-electron chi connectivity index (χ1n) is 10.2. The Morgan fingerprint density at radius 3 is 2.47 bits per heavy atom. The molecule has 2 rings (SSSR count). The van der Waals surface area contributed by atoms with Crippen molar-refractivity contribution in [2.24, 2.45) is 5.92 Å². The lowest BCUT2D eigenvalue weighted by molar-refractivity contribution is -0.175. The van der Waals surface area contributed by atoms with Crippen LogP contribution in [0.25, 0.3) is 0 Å². The van der Waals surface area contributed by atoms with Gasteiger partial charge in [-0.25, -0.2) is 4.79 Å². The van der Waals surface area contributed by atoms with Crippen molar-refractivity contribution in [2.45, 2.75) is 44.7 Å². The van der Waals surface area contributed by atoms with Gasteiger partial charge in [-0.1, -0.05) is 37.0 Å². The van der Waals surface area contributed by atoms with Gasteiger partial charge in [0.1, 0.15) is 0 Å². The van der Waals surface area contributed by atoms with E-state index in [0.717, 1.165) is 0 Å². The highest BCUT2D eigenvalue weighted by Gasteiger charge is 2.54. The summed E-state index contributed by atoms with van der Waals surface area (Å²) in [7, 11) is -1.55. The van der Waals surface area contributed by atoms with Gasteiger partial charge in [0, 0.05) is 5.02 Å². The van der Waals surface area contributed by atoms with E-state index in [0.29, 0.717) is 0 Å². The molecule has 1 fully saturated rings. The van der Waals surface area contributed by atoms with Crippen molar-refractivity contribution >= 4 is 60.0 Å². The van der Waals surface area contributed by atoms with Crippen molar-refractivity contribution in [3.05, 3.63) is 33.8 Å². The number of rotatable bonds is 10. The second-order valence-electron chi connectivity index (χ2n) is 8.13. The highest BCUT2D eigenvalue weighted by molar-refractivity contribution is 6.50. The molecule has 1 aliphatic heterocycles. The summed E-state index contributed by atoms with van der Waals surface area (Å²) < 4.78 is 10.6. The second-order valence-corrected chi connectivity index (χ2v) is 8.98. The number of amides is 2. The number of carboxylic acid groups (broad SMARTS) is 2. The first kappa shape index (κ1) is 27.4. The fourth-order valence-electron chi connectivity index (χ4n) is 3.34. The molecule has 2 unspecified atom stereocenters. The van der Waals surface area contributed by atoms with Crippen molar-refractivity contribution in [1.29, 1.82) is 0 Å². The van der Waals surface area contributed by atoms with Crippen molar-refractivity contribution < 1.29 is 43.5 Å². The minimum Gasteiger partial charge on any atom is -0.508 e. The van der Waals surface area contributed by atoms with Gasteiger partial charge in [-0.2, -0.15) is 0 Å². The zero-order valence-corrected chi connectivity index (χ0v) is 19.8. The summed E-state index contributed by atoms with van der Waals surface area (Å²) in [6, 6.07) is 4.26. The van der Waals surface area contributed by atoms with Crippen LogP contribution in [0.15, 0.2) is 18.2 Å². The lowest BCUT2D eigenvalue weighted by Crippen LogP contribution is -2.61. The van der Waals surface area contributed by atoms with E-state index >= 15 is 0 Å². The Kier molecular flexibility index (Phi) is 9.31. The maximum Gasteiger partial charge on any atom is 0.552 e. The molecule has 34 heavy (non-hydrogen) atoms. The summed E-state index contributed by atoms with van der Waals surface area (Å²) in [5.74, 6) is -6.54. The molecule has 11 nitrogen and oxygen atoms in total. The molecule has 1 aliphatic rings. The number of benzene rings is 1. The molecule has 0 aromatic heterocycles. The van der Waals surface area contributed by atoms with E-state index in [-0.39, 0.29) is 27.9 Å². The third-order valence-corrected chi connectivity index (χ3v) is 5.39. The Balaban J connectivity index is 2.13. The second kappa shape index (κ2) is 11.5. The van der Waals surface area contributed by atoms with Crippen molar-refractivity contribution in [2.75, 3.05) is 6.54 Å². The van der Waals surface area contributed by atoms with E-state index in [1.807, 2.05) is 0 Å². The Bertz CT molecular complexity index is 987. The fourth-order valence-corrected chi connectivity index (χ4v) is 3.71. The largest absolute Gasteiger partial charge is 0.552 e. The number of carbonyl (C=O) groups is 5. The van der Waals surface area contributed by atoms with Gasteiger partial charge in [-0.3, -0.25) is 19.2 Å². The number of halogens is 2. The first-order valence-corrected chi connectivity index (χ1v) is 10.9. The third-order valence-electron chi connectivity index (χ3n) is 4.83. The van der Waals surface area contributed by atoms with E-state index in [2.05, 4.69) is 10.6 Å². The van der Waals surface area contributed by atoms with Crippen LogP contribution in [0.4, 0.5) is 0 Å². The third kappa shape index (κ3) is 7.34. The molecule has 1 saturated heterocycles. The molecule has 0 bridgehead atoms. The average Bonchev–Trinajstić information content (AvgIpc) is 2.71. The molecule has 4 N–H and O–H groups in total. The highest BCUT2D eigenvalue weighted by atomic mass is 35.5. The average molecular weight is 517 g/mol. The smallest absolute Gasteiger partial charge is 0.508 e. The van der Waals surface area contributed by atoms with Gasteiger partial charge in [0.05, 0.1) is 35.9 Å². The summed E-state index contributed by atoms with van der Waals surface area (Å²) in [6.45, 7) is 3.11. The highest BCUT2D eigenvalue weighted by Crippen LogP contribution is 2.30. The number of hydrogen-bond acceptors (Lipinski definition) is 7. The van der Waals surface area contributed by atoms with E-state index in [9.17, 15) is 29.1 Å². The molecular weight excluding hydrogens is 494 g/mol. The van der Waals surface area contributed by atoms with Crippen molar-refractivity contribution in [3.63, 3.8) is 0 Å². The SMILES string of the molecule is CC(C)CC(NC(=O)CNC(=O)c1cc(Cl)ccc1Cl)B1OC(=O)CC(CC(=O)O)(C(=O)O)O1. The summed E-state index contributed by atoms with van der Waals surface area (Å²) in [4.78, 5) is 60.0. The number of nitrogens with one attached hydrogen (secondary N) is 2. The topological polar surface area (TPSA) is 168 Å². The summed E-state index contributed by atoms with van der Waals surface area (Å²) in [5.41, 5.74) is -2.28. The number of carboxylic acids is 2. The normalized spacial score (nSPS) is 18.7. The maximum absolute atomic E-state index is 12.5. The Hall–Kier alpha value is -2.83. The predicted octanol–water partition coefficient (Wildman–Crippen LogP) is 1.54. The minimum atomic E-state index is -2.34. The van der Waals surface area contributed by atoms with Crippen LogP contribution in [0.5, 0.6) is 0 Å². The van der Waals surface area contributed by atoms with Gasteiger partial charge in [0.25, 0.3) is 11.9 Å². The van der Waals surface area contributed by atoms with Gasteiger partial charge in [-0.05, 0) is 30.5 Å². The summed E-state index contributed by atoms with van der Waals surface area (Å²) in [5, 5.41) is 24.0. The quantitative estimate of drug-likeness (QED) is 0.337. The van der Waals surface area contributed by atoms with Crippen LogP contribution < -0.4 is 10.6 Å². The zero-order chi connectivity index (χ0) is 25.6. The van der Waals surface area contributed by atoms with Gasteiger partial charge < -0.3 is 30.2 Å². The van der Waals surface area contributed by atoms with E-state index in [4.69, 9.17) is 37.6 Å². The summed E-state index contributed by atoms with van der Waals surface area (Å²) in [6.07, 6.45) is -1.59. The molecule has 0 spiro atoms. The van der Waals surface area contributed by atoms with Crippen LogP contribution in [0.1, 0.15) is 43.5 Å². The van der Waals surface area contributed by atoms with Gasteiger partial charge >= 0.3 is 19.1 Å².